The van der Waals surface area contributed by atoms with E-state index in [4.69, 9.17) is 10.2 Å². The molecule has 0 aliphatic heterocycles. The lowest BCUT2D eigenvalue weighted by Gasteiger charge is -2.07. The maximum Gasteiger partial charge on any atom is 0.244 e. The maximum absolute atomic E-state index is 13.5. The van der Waals surface area contributed by atoms with Crippen LogP contribution in [0.2, 0.25) is 0 Å². The van der Waals surface area contributed by atoms with E-state index in [0.717, 1.165) is 6.07 Å². The smallest absolute Gasteiger partial charge is 0.244 e. The van der Waals surface area contributed by atoms with Crippen LogP contribution in [0.3, 0.4) is 0 Å². The fourth-order valence-corrected chi connectivity index (χ4v) is 2.59. The number of hydrogen-bond donors (Lipinski definition) is 2. The second kappa shape index (κ2) is 5.17. The first-order valence-corrected chi connectivity index (χ1v) is 6.93. The summed E-state index contributed by atoms with van der Waals surface area (Å²) in [6, 6.07) is 1.54. The number of nitrogens with one attached hydrogen (secondary N) is 1. The highest BCUT2D eigenvalue weighted by atomic mass is 32.2. The molecule has 1 aromatic heterocycles. The molecule has 0 aliphatic carbocycles. The van der Waals surface area contributed by atoms with E-state index < -0.39 is 26.6 Å². The monoisotopic (exact) mass is 303 g/mol. The summed E-state index contributed by atoms with van der Waals surface area (Å²) in [6.45, 7) is 1.35. The van der Waals surface area contributed by atoms with Gasteiger partial charge in [0, 0.05) is 5.69 Å². The number of aromatic nitrogens is 1. The largest absolute Gasteiger partial charge is 0.445 e. The average Bonchev–Trinajstić information content (AvgIpc) is 2.77. The number of nitrogens with zero attached hydrogens (tertiary/aromatic N) is 1. The van der Waals surface area contributed by atoms with E-state index in [-0.39, 0.29) is 18.1 Å². The Morgan fingerprint density at radius 2 is 2.10 bits per heavy atom. The molecule has 0 bridgehead atoms. The molecule has 2 rings (SSSR count). The van der Waals surface area contributed by atoms with Crippen molar-refractivity contribution in [2.75, 3.05) is 5.73 Å². The lowest BCUT2D eigenvalue weighted by Crippen LogP contribution is -2.25. The molecule has 0 radical (unpaired) electrons. The topological polar surface area (TPSA) is 98.2 Å². The van der Waals surface area contributed by atoms with Crippen molar-refractivity contribution in [3.8, 4) is 0 Å². The van der Waals surface area contributed by atoms with E-state index in [1.165, 1.54) is 6.20 Å². The summed E-state index contributed by atoms with van der Waals surface area (Å²) in [5, 5.41) is 0. The van der Waals surface area contributed by atoms with Crippen molar-refractivity contribution in [2.24, 2.45) is 0 Å². The molecular weight excluding hydrogens is 292 g/mol. The number of halogens is 2. The van der Waals surface area contributed by atoms with Crippen LogP contribution in [0.15, 0.2) is 27.6 Å². The standard InChI is InChI=1S/C11H11F2N3O3S/c1-6-4-15-10(19-6)5-16-20(17,18)9-3-7(14)2-8(12)11(9)13/h2-4,16H,5,14H2,1H3. The second-order valence-corrected chi connectivity index (χ2v) is 5.74. The number of aryl methyl sites for hydroxylation is 1. The van der Waals surface area contributed by atoms with Crippen molar-refractivity contribution in [1.29, 1.82) is 0 Å². The van der Waals surface area contributed by atoms with E-state index >= 15 is 0 Å². The van der Waals surface area contributed by atoms with Crippen molar-refractivity contribution in [2.45, 2.75) is 18.4 Å². The van der Waals surface area contributed by atoms with Crippen molar-refractivity contribution in [3.63, 3.8) is 0 Å². The van der Waals surface area contributed by atoms with E-state index in [9.17, 15) is 17.2 Å². The molecule has 0 spiro atoms. The van der Waals surface area contributed by atoms with Gasteiger partial charge in [0.15, 0.2) is 11.6 Å². The van der Waals surface area contributed by atoms with Gasteiger partial charge < -0.3 is 10.2 Å². The number of hydrogen-bond acceptors (Lipinski definition) is 5. The van der Waals surface area contributed by atoms with Crippen molar-refractivity contribution in [3.05, 3.63) is 41.6 Å². The molecule has 3 N–H and O–H groups in total. The Bertz CT molecular complexity index is 743. The summed E-state index contributed by atoms with van der Waals surface area (Å²) < 4.78 is 57.6. The highest BCUT2D eigenvalue weighted by Crippen LogP contribution is 2.21. The third kappa shape index (κ3) is 2.94. The van der Waals surface area contributed by atoms with E-state index in [1.807, 2.05) is 0 Å². The van der Waals surface area contributed by atoms with Gasteiger partial charge in [0.25, 0.3) is 0 Å². The van der Waals surface area contributed by atoms with E-state index in [2.05, 4.69) is 9.71 Å². The van der Waals surface area contributed by atoms with Crippen LogP contribution in [0.4, 0.5) is 14.5 Å². The Hall–Kier alpha value is -2.00. The third-order valence-corrected chi connectivity index (χ3v) is 3.79. The normalized spacial score (nSPS) is 11.8. The quantitative estimate of drug-likeness (QED) is 0.830. The van der Waals surface area contributed by atoms with Crippen molar-refractivity contribution < 1.29 is 21.6 Å². The number of nitrogens with two attached hydrogens (primary N) is 1. The predicted octanol–water partition coefficient (Wildman–Crippen LogP) is 1.32. The van der Waals surface area contributed by atoms with Crippen LogP contribution in [-0.4, -0.2) is 13.4 Å². The lowest BCUT2D eigenvalue weighted by atomic mass is 10.3. The average molecular weight is 303 g/mol. The molecule has 0 aliphatic rings. The molecule has 0 saturated heterocycles. The molecule has 2 aromatic rings. The molecule has 0 amide bonds. The van der Waals surface area contributed by atoms with Gasteiger partial charge in [0.1, 0.15) is 10.7 Å². The summed E-state index contributed by atoms with van der Waals surface area (Å²) in [6.07, 6.45) is 1.41. The van der Waals surface area contributed by atoms with Gasteiger partial charge in [-0.3, -0.25) is 0 Å². The third-order valence-electron chi connectivity index (χ3n) is 2.39. The van der Waals surface area contributed by atoms with Gasteiger partial charge in [-0.15, -0.1) is 0 Å². The van der Waals surface area contributed by atoms with Crippen LogP contribution in [0.25, 0.3) is 0 Å². The molecule has 0 saturated carbocycles. The molecule has 108 valence electrons. The SMILES string of the molecule is Cc1cnc(CNS(=O)(=O)c2cc(N)cc(F)c2F)o1. The molecule has 9 heteroatoms. The van der Waals surface area contributed by atoms with Gasteiger partial charge in [0.05, 0.1) is 12.7 Å². The fraction of sp³-hybridized carbons (Fsp3) is 0.182. The van der Waals surface area contributed by atoms with E-state index in [1.54, 1.807) is 6.92 Å². The first-order chi connectivity index (χ1) is 9.29. The zero-order valence-electron chi connectivity index (χ0n) is 10.4. The van der Waals surface area contributed by atoms with Crippen LogP contribution in [0.1, 0.15) is 11.7 Å². The number of benzene rings is 1. The van der Waals surface area contributed by atoms with Crippen LogP contribution < -0.4 is 10.5 Å². The summed E-state index contributed by atoms with van der Waals surface area (Å²) in [7, 11) is -4.27. The van der Waals surface area contributed by atoms with Crippen LogP contribution >= 0.6 is 0 Å². The van der Waals surface area contributed by atoms with Crippen LogP contribution in [0, 0.1) is 18.6 Å². The van der Waals surface area contributed by atoms with Gasteiger partial charge >= 0.3 is 0 Å². The van der Waals surface area contributed by atoms with Crippen LogP contribution in [-0.2, 0) is 16.6 Å². The Kier molecular flexibility index (Phi) is 3.73. The highest BCUT2D eigenvalue weighted by Gasteiger charge is 2.23. The Balaban J connectivity index is 2.27. The molecule has 0 fully saturated rings. The first-order valence-electron chi connectivity index (χ1n) is 5.45. The minimum absolute atomic E-state index is 0.107. The molecule has 0 atom stereocenters. The summed E-state index contributed by atoms with van der Waals surface area (Å²) in [5.74, 6) is -2.22. The van der Waals surface area contributed by atoms with Crippen molar-refractivity contribution >= 4 is 15.7 Å². The summed E-state index contributed by atoms with van der Waals surface area (Å²) >= 11 is 0. The molecule has 20 heavy (non-hydrogen) atoms. The molecule has 6 nitrogen and oxygen atoms in total. The van der Waals surface area contributed by atoms with E-state index in [0.29, 0.717) is 11.8 Å². The van der Waals surface area contributed by atoms with Gasteiger partial charge in [-0.05, 0) is 19.1 Å². The summed E-state index contributed by atoms with van der Waals surface area (Å²) in [4.78, 5) is 2.92. The summed E-state index contributed by atoms with van der Waals surface area (Å²) in [5.41, 5.74) is 5.11. The maximum atomic E-state index is 13.5. The van der Waals surface area contributed by atoms with Gasteiger partial charge in [0.2, 0.25) is 15.9 Å². The Labute approximate surface area is 113 Å². The minimum atomic E-state index is -4.27. The molecule has 0 unspecified atom stereocenters. The Morgan fingerprint density at radius 1 is 1.40 bits per heavy atom. The number of rotatable bonds is 4. The number of oxazole rings is 1. The van der Waals surface area contributed by atoms with Gasteiger partial charge in [-0.2, -0.15) is 0 Å². The zero-order valence-corrected chi connectivity index (χ0v) is 11.2. The van der Waals surface area contributed by atoms with Gasteiger partial charge in [-0.25, -0.2) is 26.9 Å². The second-order valence-electron chi connectivity index (χ2n) is 4.00. The minimum Gasteiger partial charge on any atom is -0.445 e. The Morgan fingerprint density at radius 3 is 2.70 bits per heavy atom. The molecular formula is C11H11F2N3O3S. The van der Waals surface area contributed by atoms with Crippen molar-refractivity contribution in [1.82, 2.24) is 9.71 Å². The first kappa shape index (κ1) is 14.4. The predicted molar refractivity (Wildman–Crippen MR) is 66.0 cm³/mol. The van der Waals surface area contributed by atoms with Crippen LogP contribution in [0.5, 0.6) is 0 Å². The molecule has 1 heterocycles. The number of sulfonamides is 1. The number of nitrogen functional groups attached to an aromatic ring is 1. The van der Waals surface area contributed by atoms with Gasteiger partial charge in [-0.1, -0.05) is 0 Å². The zero-order chi connectivity index (χ0) is 14.9. The highest BCUT2D eigenvalue weighted by molar-refractivity contribution is 7.89. The lowest BCUT2D eigenvalue weighted by molar-refractivity contribution is 0.460. The fourth-order valence-electron chi connectivity index (χ4n) is 1.50. The number of anilines is 1. The molecule has 1 aromatic carbocycles.